The maximum absolute atomic E-state index is 12.6. The lowest BCUT2D eigenvalue weighted by Gasteiger charge is -2.49. The standard InChI is InChI=1S/C40H47N3O13/c1-25(44)49-24-32-34(52-26(2)45)33(42-43-41)36(53-27(3)46)40(55-32)56-35-31(23-48-20-28-14-8-5-9-15-28)54-39(47-4)38(51-22-30-18-12-7-13-19-30)37(35)50-21-29-16-10-6-11-17-29/h5-19,31-40H,20-24H2,1-4H3/t31-,32-,33+,34-,35-,36-,37+,38-,39+,40+/m1/s1. The molecule has 0 aliphatic carbocycles. The third-order valence-electron chi connectivity index (χ3n) is 8.94. The molecule has 300 valence electrons. The summed E-state index contributed by atoms with van der Waals surface area (Å²) in [6, 6.07) is 27.1. The van der Waals surface area contributed by atoms with E-state index in [2.05, 4.69) is 10.0 Å². The van der Waals surface area contributed by atoms with Gasteiger partial charge in [-0.2, -0.15) is 0 Å². The van der Waals surface area contributed by atoms with Gasteiger partial charge in [0.05, 0.1) is 26.4 Å². The Morgan fingerprint density at radius 1 is 0.625 bits per heavy atom. The summed E-state index contributed by atoms with van der Waals surface area (Å²) in [4.78, 5) is 39.7. The van der Waals surface area contributed by atoms with Crippen LogP contribution in [0.15, 0.2) is 96.1 Å². The number of methoxy groups -OCH3 is 1. The Labute approximate surface area is 324 Å². The zero-order chi connectivity index (χ0) is 39.9. The van der Waals surface area contributed by atoms with Crippen molar-refractivity contribution in [3.8, 4) is 0 Å². The number of carbonyl (C=O) groups is 3. The molecular weight excluding hydrogens is 730 g/mol. The molecule has 0 spiro atoms. The molecule has 0 unspecified atom stereocenters. The van der Waals surface area contributed by atoms with Crippen LogP contribution < -0.4 is 0 Å². The molecule has 56 heavy (non-hydrogen) atoms. The average Bonchev–Trinajstić information content (AvgIpc) is 3.19. The Morgan fingerprint density at radius 3 is 1.64 bits per heavy atom. The molecule has 2 aliphatic heterocycles. The molecule has 16 nitrogen and oxygen atoms in total. The average molecular weight is 778 g/mol. The molecule has 5 rings (SSSR count). The molecule has 0 amide bonds. The number of carbonyl (C=O) groups excluding carboxylic acids is 3. The predicted octanol–water partition coefficient (Wildman–Crippen LogP) is 4.96. The van der Waals surface area contributed by atoms with Crippen LogP contribution in [0.5, 0.6) is 0 Å². The highest BCUT2D eigenvalue weighted by atomic mass is 16.8. The van der Waals surface area contributed by atoms with Crippen molar-refractivity contribution in [1.82, 2.24) is 0 Å². The molecule has 2 aliphatic rings. The molecule has 2 heterocycles. The second-order valence-electron chi connectivity index (χ2n) is 13.1. The molecule has 16 heteroatoms. The molecule has 2 fully saturated rings. The Bertz CT molecular complexity index is 1730. The third-order valence-corrected chi connectivity index (χ3v) is 8.94. The molecule has 2 saturated heterocycles. The first kappa shape index (κ1) is 42.2. The fourth-order valence-corrected chi connectivity index (χ4v) is 6.47. The maximum Gasteiger partial charge on any atom is 0.303 e. The number of rotatable bonds is 18. The van der Waals surface area contributed by atoms with Crippen LogP contribution in [0.25, 0.3) is 10.4 Å². The Morgan fingerprint density at radius 2 is 1.12 bits per heavy atom. The highest BCUT2D eigenvalue weighted by molar-refractivity contribution is 5.67. The smallest absolute Gasteiger partial charge is 0.303 e. The van der Waals surface area contributed by atoms with Crippen molar-refractivity contribution in [3.05, 3.63) is 118 Å². The van der Waals surface area contributed by atoms with Crippen LogP contribution in [0.4, 0.5) is 0 Å². The van der Waals surface area contributed by atoms with E-state index in [1.165, 1.54) is 14.0 Å². The summed E-state index contributed by atoms with van der Waals surface area (Å²) in [6.07, 6.45) is -10.4. The minimum absolute atomic E-state index is 0.0340. The summed E-state index contributed by atoms with van der Waals surface area (Å²) in [5.74, 6) is -2.17. The highest BCUT2D eigenvalue weighted by Gasteiger charge is 2.55. The molecule has 10 atom stereocenters. The van der Waals surface area contributed by atoms with Gasteiger partial charge in [-0.05, 0) is 22.2 Å². The normalized spacial score (nSPS) is 27.4. The lowest BCUT2D eigenvalue weighted by Crippen LogP contribution is -2.66. The number of nitrogens with zero attached hydrogens (tertiary/aromatic N) is 3. The molecular formula is C40H47N3O13. The van der Waals surface area contributed by atoms with Gasteiger partial charge in [-0.3, -0.25) is 14.4 Å². The SMILES string of the molecule is CO[C@H]1O[C@H](COCc2ccccc2)[C@@H](O[C@@H]2O[C@H](COC(C)=O)[C@@H](OC(C)=O)[C@H](N=[N+]=[N-])[C@H]2OC(C)=O)[C@H](OCc2ccccc2)[C@H]1OCc1ccccc1. The van der Waals surface area contributed by atoms with Gasteiger partial charge in [0, 0.05) is 32.8 Å². The summed E-state index contributed by atoms with van der Waals surface area (Å²) < 4.78 is 61.3. The largest absolute Gasteiger partial charge is 0.463 e. The van der Waals surface area contributed by atoms with Crippen LogP contribution >= 0.6 is 0 Å². The van der Waals surface area contributed by atoms with E-state index in [1.807, 2.05) is 91.0 Å². The van der Waals surface area contributed by atoms with E-state index in [9.17, 15) is 19.9 Å². The van der Waals surface area contributed by atoms with Crippen LogP contribution in [-0.2, 0) is 81.6 Å². The van der Waals surface area contributed by atoms with Crippen molar-refractivity contribution in [2.75, 3.05) is 20.3 Å². The van der Waals surface area contributed by atoms with Gasteiger partial charge < -0.3 is 47.4 Å². The summed E-state index contributed by atoms with van der Waals surface area (Å²) >= 11 is 0. The van der Waals surface area contributed by atoms with Crippen LogP contribution in [-0.4, -0.2) is 99.6 Å². The fraction of sp³-hybridized carbons (Fsp3) is 0.475. The van der Waals surface area contributed by atoms with E-state index in [0.29, 0.717) is 0 Å². The van der Waals surface area contributed by atoms with Gasteiger partial charge in [0.15, 0.2) is 18.7 Å². The minimum atomic E-state index is -1.52. The molecule has 0 aromatic heterocycles. The van der Waals surface area contributed by atoms with Crippen LogP contribution in [0.1, 0.15) is 37.5 Å². The monoisotopic (exact) mass is 777 g/mol. The lowest BCUT2D eigenvalue weighted by molar-refractivity contribution is -0.360. The number of esters is 3. The quantitative estimate of drug-likeness (QED) is 0.0554. The second-order valence-corrected chi connectivity index (χ2v) is 13.1. The van der Waals surface area contributed by atoms with E-state index in [4.69, 9.17) is 47.4 Å². The first-order valence-electron chi connectivity index (χ1n) is 18.1. The van der Waals surface area contributed by atoms with Gasteiger partial charge in [0.25, 0.3) is 0 Å². The van der Waals surface area contributed by atoms with E-state index in [1.54, 1.807) is 0 Å². The summed E-state index contributed by atoms with van der Waals surface area (Å²) in [5.41, 5.74) is 12.3. The third kappa shape index (κ3) is 12.0. The zero-order valence-electron chi connectivity index (χ0n) is 31.6. The van der Waals surface area contributed by atoms with Gasteiger partial charge in [-0.15, -0.1) is 0 Å². The van der Waals surface area contributed by atoms with Gasteiger partial charge in [-0.25, -0.2) is 0 Å². The molecule has 3 aromatic carbocycles. The van der Waals surface area contributed by atoms with Crippen LogP contribution in [0, 0.1) is 0 Å². The Kier molecular flexibility index (Phi) is 16.2. The van der Waals surface area contributed by atoms with Crippen molar-refractivity contribution in [1.29, 1.82) is 0 Å². The summed E-state index contributed by atoms with van der Waals surface area (Å²) in [7, 11) is 1.49. The molecule has 3 aromatic rings. The number of hydrogen-bond donors (Lipinski definition) is 0. The number of benzene rings is 3. The van der Waals surface area contributed by atoms with E-state index >= 15 is 0 Å². The van der Waals surface area contributed by atoms with Crippen LogP contribution in [0.3, 0.4) is 0 Å². The molecule has 0 N–H and O–H groups in total. The highest BCUT2D eigenvalue weighted by Crippen LogP contribution is 2.36. The van der Waals surface area contributed by atoms with Gasteiger partial charge in [-0.1, -0.05) is 96.1 Å². The Hall–Kier alpha value is -4.90. The lowest BCUT2D eigenvalue weighted by atomic mass is 9.95. The molecule has 0 bridgehead atoms. The summed E-state index contributed by atoms with van der Waals surface area (Å²) in [6.45, 7) is 3.55. The molecule has 0 radical (unpaired) electrons. The zero-order valence-corrected chi connectivity index (χ0v) is 31.6. The second kappa shape index (κ2) is 21.4. The Balaban J connectivity index is 1.55. The van der Waals surface area contributed by atoms with Crippen molar-refractivity contribution in [3.63, 3.8) is 0 Å². The first-order valence-corrected chi connectivity index (χ1v) is 18.1. The topological polar surface area (TPSA) is 192 Å². The van der Waals surface area contributed by atoms with E-state index < -0.39 is 85.9 Å². The first-order chi connectivity index (χ1) is 27.2. The van der Waals surface area contributed by atoms with Gasteiger partial charge in [0.1, 0.15) is 49.3 Å². The van der Waals surface area contributed by atoms with E-state index in [0.717, 1.165) is 30.5 Å². The van der Waals surface area contributed by atoms with E-state index in [-0.39, 0.29) is 26.4 Å². The van der Waals surface area contributed by atoms with Gasteiger partial charge in [0.2, 0.25) is 0 Å². The predicted molar refractivity (Wildman–Crippen MR) is 196 cm³/mol. The maximum atomic E-state index is 12.6. The fourth-order valence-electron chi connectivity index (χ4n) is 6.47. The minimum Gasteiger partial charge on any atom is -0.463 e. The molecule has 0 saturated carbocycles. The van der Waals surface area contributed by atoms with Crippen molar-refractivity contribution < 1.29 is 61.8 Å². The number of azide groups is 1. The number of ether oxygens (including phenoxy) is 10. The van der Waals surface area contributed by atoms with Crippen molar-refractivity contribution >= 4 is 17.9 Å². The number of hydrogen-bond acceptors (Lipinski definition) is 14. The van der Waals surface area contributed by atoms with Crippen molar-refractivity contribution in [2.45, 2.75) is 102 Å². The van der Waals surface area contributed by atoms with Crippen LogP contribution in [0.2, 0.25) is 0 Å². The van der Waals surface area contributed by atoms with Gasteiger partial charge >= 0.3 is 17.9 Å². The van der Waals surface area contributed by atoms with Crippen molar-refractivity contribution in [2.24, 2.45) is 5.11 Å². The summed E-state index contributed by atoms with van der Waals surface area (Å²) in [5, 5.41) is 3.87.